The maximum atomic E-state index is 13.3. The third kappa shape index (κ3) is 5.17. The SMILES string of the molecule is CCCc1nc(C)c2c(=O)[nH]c(-c3cc(S(=O)(=O)N4CC(NCCCOC)C4)ccc3OCC)nn12. The van der Waals surface area contributed by atoms with Gasteiger partial charge in [-0.1, -0.05) is 6.92 Å². The Morgan fingerprint density at radius 1 is 1.25 bits per heavy atom. The predicted molar refractivity (Wildman–Crippen MR) is 136 cm³/mol. The van der Waals surface area contributed by atoms with Crippen LogP contribution in [0.4, 0.5) is 0 Å². The highest BCUT2D eigenvalue weighted by Gasteiger charge is 2.36. The number of rotatable bonds is 12. The minimum absolute atomic E-state index is 0.112. The van der Waals surface area contributed by atoms with Gasteiger partial charge in [-0.2, -0.15) is 4.31 Å². The fourth-order valence-electron chi connectivity index (χ4n) is 4.31. The van der Waals surface area contributed by atoms with Crippen LogP contribution < -0.4 is 15.6 Å². The highest BCUT2D eigenvalue weighted by molar-refractivity contribution is 7.89. The smallest absolute Gasteiger partial charge is 0.277 e. The number of aryl methyl sites for hydroxylation is 2. The summed E-state index contributed by atoms with van der Waals surface area (Å²) in [6.45, 7) is 8.25. The molecule has 0 amide bonds. The number of ether oxygens (including phenoxy) is 2. The second kappa shape index (κ2) is 11.1. The first-order valence-corrected chi connectivity index (χ1v) is 13.7. The maximum absolute atomic E-state index is 13.3. The van der Waals surface area contributed by atoms with Crippen molar-refractivity contribution in [3.63, 3.8) is 0 Å². The number of sulfonamides is 1. The Labute approximate surface area is 210 Å². The first-order chi connectivity index (χ1) is 17.3. The van der Waals surface area contributed by atoms with Gasteiger partial charge in [0.1, 0.15) is 11.6 Å². The molecule has 2 aromatic heterocycles. The average Bonchev–Trinajstić information content (AvgIpc) is 3.13. The monoisotopic (exact) mass is 518 g/mol. The van der Waals surface area contributed by atoms with E-state index in [1.165, 1.54) is 16.4 Å². The highest BCUT2D eigenvalue weighted by Crippen LogP contribution is 2.32. The van der Waals surface area contributed by atoms with Gasteiger partial charge in [-0.3, -0.25) is 4.79 Å². The number of imidazole rings is 1. The third-order valence-electron chi connectivity index (χ3n) is 6.17. The molecule has 0 unspecified atom stereocenters. The summed E-state index contributed by atoms with van der Waals surface area (Å²) in [6, 6.07) is 4.78. The number of hydrogen-bond donors (Lipinski definition) is 2. The van der Waals surface area contributed by atoms with Crippen LogP contribution in [0.5, 0.6) is 5.75 Å². The third-order valence-corrected chi connectivity index (χ3v) is 7.99. The lowest BCUT2D eigenvalue weighted by Gasteiger charge is -2.38. The summed E-state index contributed by atoms with van der Waals surface area (Å²) < 4.78 is 40.5. The molecule has 0 spiro atoms. The van der Waals surface area contributed by atoms with E-state index in [1.807, 2.05) is 13.8 Å². The van der Waals surface area contributed by atoms with Crippen molar-refractivity contribution < 1.29 is 17.9 Å². The fraction of sp³-hybridized carbons (Fsp3) is 0.542. The quantitative estimate of drug-likeness (QED) is 0.347. The number of benzene rings is 1. The number of methoxy groups -OCH3 is 1. The van der Waals surface area contributed by atoms with E-state index in [4.69, 9.17) is 9.47 Å². The van der Waals surface area contributed by atoms with Crippen molar-refractivity contribution in [2.45, 2.75) is 51.0 Å². The van der Waals surface area contributed by atoms with E-state index in [1.54, 1.807) is 24.6 Å². The lowest BCUT2D eigenvalue weighted by Crippen LogP contribution is -2.59. The van der Waals surface area contributed by atoms with Crippen molar-refractivity contribution >= 4 is 15.5 Å². The van der Waals surface area contributed by atoms with Crippen molar-refractivity contribution in [2.75, 3.05) is 40.0 Å². The van der Waals surface area contributed by atoms with Crippen LogP contribution in [0.1, 0.15) is 38.2 Å². The molecule has 0 aliphatic carbocycles. The molecule has 0 saturated carbocycles. The molecule has 196 valence electrons. The number of nitrogens with zero attached hydrogens (tertiary/aromatic N) is 4. The summed E-state index contributed by atoms with van der Waals surface area (Å²) >= 11 is 0. The molecule has 36 heavy (non-hydrogen) atoms. The lowest BCUT2D eigenvalue weighted by atomic mass is 10.2. The van der Waals surface area contributed by atoms with Crippen molar-refractivity contribution in [3.8, 4) is 17.1 Å². The number of hydrogen-bond acceptors (Lipinski definition) is 8. The van der Waals surface area contributed by atoms with Gasteiger partial charge in [-0.05, 0) is 51.4 Å². The molecule has 11 nitrogen and oxygen atoms in total. The van der Waals surface area contributed by atoms with Crippen LogP contribution in [0.2, 0.25) is 0 Å². The Morgan fingerprint density at radius 2 is 2.03 bits per heavy atom. The summed E-state index contributed by atoms with van der Waals surface area (Å²) in [5, 5.41) is 7.99. The Balaban J connectivity index is 1.66. The summed E-state index contributed by atoms with van der Waals surface area (Å²) in [6.07, 6.45) is 2.37. The van der Waals surface area contributed by atoms with E-state index in [2.05, 4.69) is 20.4 Å². The largest absolute Gasteiger partial charge is 0.493 e. The Bertz CT molecular complexity index is 1380. The van der Waals surface area contributed by atoms with Crippen molar-refractivity contribution in [3.05, 3.63) is 40.1 Å². The van der Waals surface area contributed by atoms with Crippen LogP contribution in [-0.2, 0) is 21.2 Å². The molecule has 0 bridgehead atoms. The fourth-order valence-corrected chi connectivity index (χ4v) is 5.87. The Morgan fingerprint density at radius 3 is 2.72 bits per heavy atom. The van der Waals surface area contributed by atoms with Gasteiger partial charge >= 0.3 is 0 Å². The van der Waals surface area contributed by atoms with Gasteiger partial charge in [0.25, 0.3) is 5.56 Å². The lowest BCUT2D eigenvalue weighted by molar-refractivity contribution is 0.183. The minimum atomic E-state index is -3.72. The van der Waals surface area contributed by atoms with E-state index >= 15 is 0 Å². The molecule has 1 aliphatic heterocycles. The second-order valence-electron chi connectivity index (χ2n) is 8.84. The van der Waals surface area contributed by atoms with Crippen LogP contribution >= 0.6 is 0 Å². The summed E-state index contributed by atoms with van der Waals surface area (Å²) in [5.41, 5.74) is 1.05. The van der Waals surface area contributed by atoms with Gasteiger partial charge in [-0.15, -0.1) is 5.10 Å². The Kier molecular flexibility index (Phi) is 8.08. The average molecular weight is 519 g/mol. The number of H-pyrrole nitrogens is 1. The molecular weight excluding hydrogens is 484 g/mol. The van der Waals surface area contributed by atoms with Crippen LogP contribution in [0.15, 0.2) is 27.9 Å². The normalized spacial score (nSPS) is 14.9. The number of nitrogens with one attached hydrogen (secondary N) is 2. The minimum Gasteiger partial charge on any atom is -0.493 e. The Hall–Kier alpha value is -2.80. The molecule has 4 rings (SSSR count). The highest BCUT2D eigenvalue weighted by atomic mass is 32.2. The van der Waals surface area contributed by atoms with Crippen LogP contribution in [0.3, 0.4) is 0 Å². The molecule has 2 N–H and O–H groups in total. The molecular formula is C24H34N6O5S. The topological polar surface area (TPSA) is 131 Å². The van der Waals surface area contributed by atoms with Gasteiger partial charge < -0.3 is 19.8 Å². The second-order valence-corrected chi connectivity index (χ2v) is 10.8. The molecule has 3 aromatic rings. The van der Waals surface area contributed by atoms with E-state index < -0.39 is 10.0 Å². The van der Waals surface area contributed by atoms with E-state index in [9.17, 15) is 13.2 Å². The molecule has 1 saturated heterocycles. The van der Waals surface area contributed by atoms with Crippen molar-refractivity contribution in [2.24, 2.45) is 0 Å². The van der Waals surface area contributed by atoms with E-state index in [-0.39, 0.29) is 22.3 Å². The predicted octanol–water partition coefficient (Wildman–Crippen LogP) is 1.74. The van der Waals surface area contributed by atoms with Crippen molar-refractivity contribution in [1.29, 1.82) is 0 Å². The first kappa shape index (κ1) is 26.3. The zero-order chi connectivity index (χ0) is 25.9. The summed E-state index contributed by atoms with van der Waals surface area (Å²) in [7, 11) is -2.06. The van der Waals surface area contributed by atoms with Gasteiger partial charge in [0.05, 0.1) is 22.8 Å². The number of aromatic nitrogens is 4. The van der Waals surface area contributed by atoms with Crippen LogP contribution in [-0.4, -0.2) is 78.3 Å². The molecule has 1 aliphatic rings. The molecule has 0 radical (unpaired) electrons. The van der Waals surface area contributed by atoms with Crippen molar-refractivity contribution in [1.82, 2.24) is 29.2 Å². The van der Waals surface area contributed by atoms with Gasteiger partial charge in [0, 0.05) is 39.3 Å². The number of fused-ring (bicyclic) bond motifs is 1. The summed E-state index contributed by atoms with van der Waals surface area (Å²) in [4.78, 5) is 20.4. The zero-order valence-corrected chi connectivity index (χ0v) is 22.0. The van der Waals surface area contributed by atoms with Gasteiger partial charge in [-0.25, -0.2) is 17.9 Å². The van der Waals surface area contributed by atoms with Gasteiger partial charge in [0.15, 0.2) is 11.3 Å². The van der Waals surface area contributed by atoms with E-state index in [0.29, 0.717) is 61.1 Å². The molecule has 1 aromatic carbocycles. The van der Waals surface area contributed by atoms with E-state index in [0.717, 1.165) is 19.4 Å². The number of aromatic amines is 1. The molecule has 1 fully saturated rings. The van der Waals surface area contributed by atoms with Crippen LogP contribution in [0.25, 0.3) is 16.9 Å². The van der Waals surface area contributed by atoms with Gasteiger partial charge in [0.2, 0.25) is 10.0 Å². The standard InChI is InChI=1S/C24H34N6O5S/c1-5-8-21-26-16(3)22-24(31)27-23(28-30(21)22)19-13-18(9-10-20(19)35-6-2)36(32,33)29-14-17(15-29)25-11-7-12-34-4/h9-10,13,17,25H,5-8,11-12,14-15H2,1-4H3,(H,27,28,31). The molecule has 12 heteroatoms. The molecule has 0 atom stereocenters. The van der Waals surface area contributed by atoms with Crippen LogP contribution in [0, 0.1) is 6.92 Å². The zero-order valence-electron chi connectivity index (χ0n) is 21.2. The maximum Gasteiger partial charge on any atom is 0.277 e. The first-order valence-electron chi connectivity index (χ1n) is 12.3. The molecule has 3 heterocycles. The summed E-state index contributed by atoms with van der Waals surface area (Å²) in [5.74, 6) is 1.35.